The Labute approximate surface area is 299 Å². The molecule has 3 amide bonds. The van der Waals surface area contributed by atoms with E-state index < -0.39 is 29.0 Å². The van der Waals surface area contributed by atoms with Crippen LogP contribution in [0.2, 0.25) is 0 Å². The molecule has 2 N–H and O–H groups in total. The Bertz CT molecular complexity index is 2440. The molecule has 4 heterocycles. The molecule has 2 aliphatic rings. The van der Waals surface area contributed by atoms with Crippen molar-refractivity contribution in [1.29, 1.82) is 0 Å². The summed E-state index contributed by atoms with van der Waals surface area (Å²) in [6.45, 7) is 0.165. The third kappa shape index (κ3) is 6.02. The van der Waals surface area contributed by atoms with Gasteiger partial charge < -0.3 is 15.5 Å². The van der Waals surface area contributed by atoms with Gasteiger partial charge in [0.15, 0.2) is 0 Å². The van der Waals surface area contributed by atoms with Crippen molar-refractivity contribution in [3.05, 3.63) is 165 Å². The molecule has 0 unspecified atom stereocenters. The summed E-state index contributed by atoms with van der Waals surface area (Å²) in [5.41, 5.74) is 5.64. The van der Waals surface area contributed by atoms with Crippen LogP contribution < -0.4 is 15.5 Å². The van der Waals surface area contributed by atoms with Gasteiger partial charge in [-0.2, -0.15) is 0 Å². The molecule has 0 bridgehead atoms. The molecule has 3 aromatic heterocycles. The first kappa shape index (κ1) is 32.8. The number of aromatic nitrogens is 2. The smallest absolute Gasteiger partial charge is 0.265 e. The van der Waals surface area contributed by atoms with E-state index in [2.05, 4.69) is 20.6 Å². The number of amides is 3. The van der Waals surface area contributed by atoms with Gasteiger partial charge in [0.1, 0.15) is 23.1 Å². The molecule has 6 aromatic rings. The molecular weight excluding hydrogens is 688 g/mol. The molecule has 1 aliphatic carbocycles. The summed E-state index contributed by atoms with van der Waals surface area (Å²) < 4.78 is 43.1. The van der Waals surface area contributed by atoms with Gasteiger partial charge in [-0.1, -0.05) is 12.1 Å². The van der Waals surface area contributed by atoms with E-state index in [0.717, 1.165) is 52.2 Å². The zero-order valence-corrected chi connectivity index (χ0v) is 27.9. The monoisotopic (exact) mass is 713 g/mol. The molecule has 256 valence electrons. The molecule has 0 radical (unpaired) electrons. The maximum atomic E-state index is 14.7. The number of allylic oxidation sites excluding steroid dienone is 1. The predicted octanol–water partition coefficient (Wildman–Crippen LogP) is 8.32. The van der Waals surface area contributed by atoms with Crippen LogP contribution in [-0.2, 0) is 12.8 Å². The van der Waals surface area contributed by atoms with E-state index in [1.807, 2.05) is 12.1 Å². The number of carbonyl (C=O) groups excluding carboxylic acids is 3. The van der Waals surface area contributed by atoms with Gasteiger partial charge in [0.05, 0.1) is 21.8 Å². The zero-order valence-electron chi connectivity index (χ0n) is 27.1. The Balaban J connectivity index is 1.02. The number of pyridine rings is 2. The number of rotatable bonds is 6. The van der Waals surface area contributed by atoms with Gasteiger partial charge in [-0.25, -0.2) is 13.2 Å². The van der Waals surface area contributed by atoms with Crippen LogP contribution in [0.25, 0.3) is 16.0 Å². The Hall–Kier alpha value is -6.40. The van der Waals surface area contributed by atoms with Crippen LogP contribution in [0.15, 0.2) is 110 Å². The van der Waals surface area contributed by atoms with E-state index in [0.29, 0.717) is 45.1 Å². The van der Waals surface area contributed by atoms with Gasteiger partial charge in [-0.3, -0.25) is 24.4 Å². The number of thiophene rings is 1. The summed E-state index contributed by atoms with van der Waals surface area (Å²) in [6.07, 6.45) is 8.23. The van der Waals surface area contributed by atoms with Gasteiger partial charge in [0.2, 0.25) is 0 Å². The van der Waals surface area contributed by atoms with Crippen molar-refractivity contribution < 1.29 is 27.6 Å². The van der Waals surface area contributed by atoms with Crippen molar-refractivity contribution in [2.45, 2.75) is 12.8 Å². The van der Waals surface area contributed by atoms with Crippen molar-refractivity contribution >= 4 is 51.7 Å². The first-order valence-corrected chi connectivity index (χ1v) is 17.1. The number of nitrogens with zero attached hydrogens (tertiary/aromatic N) is 3. The number of hydrogen-bond donors (Lipinski definition) is 2. The SMILES string of the molecule is O=C(Nc1c(F)cccc1F)c1cc2c(s1)-c1ccc(F)cc1N(C(=O)c1ccc(NC(=O)c3cccnc3C3=CCc4ccncc43)cc1)CC2. The van der Waals surface area contributed by atoms with E-state index >= 15 is 0 Å². The molecular formula is C40H26F3N5O3S. The van der Waals surface area contributed by atoms with Gasteiger partial charge in [0.25, 0.3) is 17.7 Å². The Morgan fingerprint density at radius 2 is 1.60 bits per heavy atom. The minimum absolute atomic E-state index is 0.165. The Kier molecular flexibility index (Phi) is 8.44. The number of para-hydroxylation sites is 1. The van der Waals surface area contributed by atoms with Crippen LogP contribution in [-0.4, -0.2) is 34.2 Å². The molecule has 1 aliphatic heterocycles. The second kappa shape index (κ2) is 13.4. The average molecular weight is 714 g/mol. The van der Waals surface area contributed by atoms with E-state index in [4.69, 9.17) is 0 Å². The lowest BCUT2D eigenvalue weighted by molar-refractivity contribution is 0.0985. The fourth-order valence-corrected chi connectivity index (χ4v) is 7.61. The van der Waals surface area contributed by atoms with E-state index in [9.17, 15) is 27.6 Å². The lowest BCUT2D eigenvalue weighted by Gasteiger charge is -2.23. The largest absolute Gasteiger partial charge is 0.322 e. The minimum atomic E-state index is -0.902. The van der Waals surface area contributed by atoms with Crippen LogP contribution in [0.3, 0.4) is 0 Å². The number of carbonyl (C=O) groups is 3. The normalized spacial score (nSPS) is 13.0. The predicted molar refractivity (Wildman–Crippen MR) is 193 cm³/mol. The number of halogens is 3. The maximum Gasteiger partial charge on any atom is 0.265 e. The second-order valence-corrected chi connectivity index (χ2v) is 13.2. The number of anilines is 3. The van der Waals surface area contributed by atoms with E-state index in [1.165, 1.54) is 23.1 Å². The van der Waals surface area contributed by atoms with Crippen LogP contribution in [0.4, 0.5) is 30.2 Å². The third-order valence-electron chi connectivity index (χ3n) is 9.00. The molecule has 52 heavy (non-hydrogen) atoms. The molecule has 0 spiro atoms. The van der Waals surface area contributed by atoms with Crippen molar-refractivity contribution in [3.63, 3.8) is 0 Å². The van der Waals surface area contributed by atoms with Crippen molar-refractivity contribution in [2.24, 2.45) is 0 Å². The van der Waals surface area contributed by atoms with Crippen molar-refractivity contribution in [1.82, 2.24) is 9.97 Å². The van der Waals surface area contributed by atoms with Crippen LogP contribution >= 0.6 is 11.3 Å². The van der Waals surface area contributed by atoms with Crippen LogP contribution in [0.5, 0.6) is 0 Å². The summed E-state index contributed by atoms with van der Waals surface area (Å²) in [5, 5.41) is 5.21. The summed E-state index contributed by atoms with van der Waals surface area (Å²) in [7, 11) is 0. The number of nitrogens with one attached hydrogen (secondary N) is 2. The highest BCUT2D eigenvalue weighted by molar-refractivity contribution is 7.17. The highest BCUT2D eigenvalue weighted by Gasteiger charge is 2.29. The number of hydrogen-bond acceptors (Lipinski definition) is 6. The lowest BCUT2D eigenvalue weighted by atomic mass is 10.0. The first-order valence-electron chi connectivity index (χ1n) is 16.3. The molecule has 0 saturated heterocycles. The molecule has 8 rings (SSSR count). The quantitative estimate of drug-likeness (QED) is 0.181. The maximum absolute atomic E-state index is 14.7. The van der Waals surface area contributed by atoms with Crippen molar-refractivity contribution in [2.75, 3.05) is 22.1 Å². The van der Waals surface area contributed by atoms with Gasteiger partial charge in [0, 0.05) is 58.0 Å². The standard InChI is InChI=1S/C40H26F3N5O3S/c41-25-9-13-28-33(20-25)48(18-15-24-19-34(52-37(24)28)39(50)47-36-31(42)4-1-5-32(36)43)40(51)23-6-10-26(11-7-23)46-38(49)29-3-2-16-45-35(29)27-12-8-22-14-17-44-21-30(22)27/h1-7,9-14,16-17,19-21H,8,15,18H2,(H,46,49)(H,47,50). The molecule has 12 heteroatoms. The molecule has 8 nitrogen and oxygen atoms in total. The highest BCUT2D eigenvalue weighted by Crippen LogP contribution is 2.42. The summed E-state index contributed by atoms with van der Waals surface area (Å²) in [4.78, 5) is 51.6. The molecule has 0 saturated carbocycles. The molecule has 0 atom stereocenters. The van der Waals surface area contributed by atoms with E-state index in [1.54, 1.807) is 67.1 Å². The number of fused-ring (bicyclic) bond motifs is 4. The summed E-state index contributed by atoms with van der Waals surface area (Å²) in [6, 6.07) is 20.8. The average Bonchev–Trinajstić information content (AvgIpc) is 3.75. The highest BCUT2D eigenvalue weighted by atomic mass is 32.1. The Morgan fingerprint density at radius 3 is 2.40 bits per heavy atom. The third-order valence-corrected chi connectivity index (χ3v) is 10.2. The second-order valence-electron chi connectivity index (χ2n) is 12.2. The zero-order chi connectivity index (χ0) is 35.9. The topological polar surface area (TPSA) is 104 Å². The first-order chi connectivity index (χ1) is 25.2. The Morgan fingerprint density at radius 1 is 0.788 bits per heavy atom. The molecule has 0 fully saturated rings. The minimum Gasteiger partial charge on any atom is -0.322 e. The number of benzene rings is 3. The van der Waals surface area contributed by atoms with Crippen LogP contribution in [0, 0.1) is 17.5 Å². The van der Waals surface area contributed by atoms with Crippen molar-refractivity contribution in [3.8, 4) is 10.4 Å². The summed E-state index contributed by atoms with van der Waals surface area (Å²) in [5.74, 6) is -3.80. The lowest BCUT2D eigenvalue weighted by Crippen LogP contribution is -2.32. The van der Waals surface area contributed by atoms with Crippen LogP contribution in [0.1, 0.15) is 52.8 Å². The van der Waals surface area contributed by atoms with Gasteiger partial charge >= 0.3 is 0 Å². The summed E-state index contributed by atoms with van der Waals surface area (Å²) >= 11 is 1.09. The fourth-order valence-electron chi connectivity index (χ4n) is 6.47. The van der Waals surface area contributed by atoms with Gasteiger partial charge in [-0.15, -0.1) is 11.3 Å². The van der Waals surface area contributed by atoms with Gasteiger partial charge in [-0.05, 0) is 103 Å². The molecule has 3 aromatic carbocycles. The fraction of sp³-hybridized carbons (Fsp3) is 0.0750. The van der Waals surface area contributed by atoms with E-state index in [-0.39, 0.29) is 23.2 Å².